The standard InChI is InChI=1S/C14H22N4O/c1-9-7-10(2)17-14(12(9)13(15)16)18-5-3-11(8-18)4-6-19/h7,11,19H,3-6,8H2,1-2H3,(H3,15,16). The Labute approximate surface area is 114 Å². The molecular weight excluding hydrogens is 240 g/mol. The summed E-state index contributed by atoms with van der Waals surface area (Å²) in [5.74, 6) is 1.41. The van der Waals surface area contributed by atoms with Crippen LogP contribution in [-0.4, -0.2) is 35.6 Å². The number of aryl methyl sites for hydroxylation is 2. The third-order valence-corrected chi connectivity index (χ3v) is 3.72. The lowest BCUT2D eigenvalue weighted by atomic mass is 10.1. The van der Waals surface area contributed by atoms with Crippen LogP contribution in [0.15, 0.2) is 6.07 Å². The summed E-state index contributed by atoms with van der Waals surface area (Å²) < 4.78 is 0. The summed E-state index contributed by atoms with van der Waals surface area (Å²) in [6.07, 6.45) is 1.89. The molecule has 1 aliphatic heterocycles. The molecule has 0 spiro atoms. The number of rotatable bonds is 4. The summed E-state index contributed by atoms with van der Waals surface area (Å²) in [7, 11) is 0. The van der Waals surface area contributed by atoms with Gasteiger partial charge in [0.1, 0.15) is 11.7 Å². The predicted octanol–water partition coefficient (Wildman–Crippen LogP) is 1.19. The van der Waals surface area contributed by atoms with E-state index in [4.69, 9.17) is 16.2 Å². The Bertz CT molecular complexity index is 487. The molecule has 2 heterocycles. The second-order valence-corrected chi connectivity index (χ2v) is 5.31. The zero-order chi connectivity index (χ0) is 14.0. The molecule has 1 atom stereocenters. The first-order chi connectivity index (χ1) is 9.02. The molecule has 0 radical (unpaired) electrons. The van der Waals surface area contributed by atoms with Crippen molar-refractivity contribution in [3.8, 4) is 0 Å². The quantitative estimate of drug-likeness (QED) is 0.562. The number of nitrogen functional groups attached to an aromatic ring is 1. The van der Waals surface area contributed by atoms with Crippen molar-refractivity contribution in [1.82, 2.24) is 4.98 Å². The first-order valence-electron chi connectivity index (χ1n) is 6.71. The van der Waals surface area contributed by atoms with Gasteiger partial charge in [0.05, 0.1) is 5.56 Å². The molecule has 0 saturated carbocycles. The Morgan fingerprint density at radius 1 is 1.58 bits per heavy atom. The normalized spacial score (nSPS) is 18.9. The van der Waals surface area contributed by atoms with E-state index in [0.29, 0.717) is 5.92 Å². The van der Waals surface area contributed by atoms with Gasteiger partial charge in [-0.1, -0.05) is 0 Å². The number of aromatic nitrogens is 1. The van der Waals surface area contributed by atoms with Crippen molar-refractivity contribution in [3.63, 3.8) is 0 Å². The topological polar surface area (TPSA) is 86.2 Å². The molecule has 1 aromatic heterocycles. The van der Waals surface area contributed by atoms with Gasteiger partial charge in [-0.05, 0) is 44.2 Å². The Morgan fingerprint density at radius 2 is 2.32 bits per heavy atom. The van der Waals surface area contributed by atoms with Crippen molar-refractivity contribution in [3.05, 3.63) is 22.9 Å². The van der Waals surface area contributed by atoms with Crippen LogP contribution in [0.5, 0.6) is 0 Å². The molecule has 1 unspecified atom stereocenters. The highest BCUT2D eigenvalue weighted by Crippen LogP contribution is 2.28. The minimum atomic E-state index is 0.0746. The number of nitrogens with two attached hydrogens (primary N) is 1. The van der Waals surface area contributed by atoms with Gasteiger partial charge in [-0.15, -0.1) is 0 Å². The van der Waals surface area contributed by atoms with Crippen LogP contribution in [0.1, 0.15) is 29.7 Å². The Hall–Kier alpha value is -1.62. The van der Waals surface area contributed by atoms with Crippen LogP contribution in [0.25, 0.3) is 0 Å². The van der Waals surface area contributed by atoms with Crippen molar-refractivity contribution in [1.29, 1.82) is 5.41 Å². The number of hydrogen-bond donors (Lipinski definition) is 3. The van der Waals surface area contributed by atoms with E-state index < -0.39 is 0 Å². The van der Waals surface area contributed by atoms with Crippen LogP contribution in [0.4, 0.5) is 5.82 Å². The Morgan fingerprint density at radius 3 is 2.95 bits per heavy atom. The van der Waals surface area contributed by atoms with Crippen LogP contribution in [-0.2, 0) is 0 Å². The molecular formula is C14H22N4O. The SMILES string of the molecule is Cc1cc(C)c(C(=N)N)c(N2CCC(CCO)C2)n1. The van der Waals surface area contributed by atoms with E-state index in [1.54, 1.807) is 0 Å². The lowest BCUT2D eigenvalue weighted by Gasteiger charge is -2.22. The molecule has 19 heavy (non-hydrogen) atoms. The van der Waals surface area contributed by atoms with Crippen LogP contribution in [0, 0.1) is 25.2 Å². The number of amidine groups is 1. The number of nitrogens with zero attached hydrogens (tertiary/aromatic N) is 2. The highest BCUT2D eigenvalue weighted by Gasteiger charge is 2.26. The smallest absolute Gasteiger partial charge is 0.140 e. The number of nitrogens with one attached hydrogen (secondary N) is 1. The van der Waals surface area contributed by atoms with Gasteiger partial charge in [0.2, 0.25) is 0 Å². The fraction of sp³-hybridized carbons (Fsp3) is 0.571. The first kappa shape index (κ1) is 13.8. The molecule has 2 rings (SSSR count). The van der Waals surface area contributed by atoms with E-state index in [2.05, 4.69) is 9.88 Å². The maximum atomic E-state index is 9.03. The van der Waals surface area contributed by atoms with E-state index in [1.165, 1.54) is 0 Å². The average Bonchev–Trinajstić information content (AvgIpc) is 2.76. The maximum Gasteiger partial charge on any atom is 0.140 e. The van der Waals surface area contributed by atoms with Crippen molar-refractivity contribution in [2.45, 2.75) is 26.7 Å². The summed E-state index contributed by atoms with van der Waals surface area (Å²) in [5, 5.41) is 16.8. The number of pyridine rings is 1. The minimum Gasteiger partial charge on any atom is -0.396 e. The summed E-state index contributed by atoms with van der Waals surface area (Å²) in [6, 6.07) is 1.96. The van der Waals surface area contributed by atoms with Crippen molar-refractivity contribution in [2.75, 3.05) is 24.6 Å². The zero-order valence-electron chi connectivity index (χ0n) is 11.6. The van der Waals surface area contributed by atoms with E-state index in [1.807, 2.05) is 19.9 Å². The Balaban J connectivity index is 2.32. The number of anilines is 1. The molecule has 0 amide bonds. The van der Waals surface area contributed by atoms with Gasteiger partial charge in [0, 0.05) is 25.4 Å². The van der Waals surface area contributed by atoms with Gasteiger partial charge in [-0.3, -0.25) is 5.41 Å². The van der Waals surface area contributed by atoms with Gasteiger partial charge < -0.3 is 15.7 Å². The highest BCUT2D eigenvalue weighted by molar-refractivity contribution is 6.01. The molecule has 5 heteroatoms. The van der Waals surface area contributed by atoms with Crippen molar-refractivity contribution < 1.29 is 5.11 Å². The summed E-state index contributed by atoms with van der Waals surface area (Å²) >= 11 is 0. The molecule has 0 aliphatic carbocycles. The summed E-state index contributed by atoms with van der Waals surface area (Å²) in [4.78, 5) is 6.77. The van der Waals surface area contributed by atoms with Gasteiger partial charge in [-0.25, -0.2) is 4.98 Å². The van der Waals surface area contributed by atoms with E-state index in [0.717, 1.165) is 48.6 Å². The highest BCUT2D eigenvalue weighted by atomic mass is 16.3. The number of aliphatic hydroxyl groups excluding tert-OH is 1. The Kier molecular flexibility index (Phi) is 4.04. The second kappa shape index (κ2) is 5.57. The third kappa shape index (κ3) is 2.87. The summed E-state index contributed by atoms with van der Waals surface area (Å²) in [6.45, 7) is 5.97. The van der Waals surface area contributed by atoms with Crippen LogP contribution >= 0.6 is 0 Å². The second-order valence-electron chi connectivity index (χ2n) is 5.31. The van der Waals surface area contributed by atoms with Gasteiger partial charge in [-0.2, -0.15) is 0 Å². The fourth-order valence-electron chi connectivity index (χ4n) is 2.82. The average molecular weight is 262 g/mol. The molecule has 0 aromatic carbocycles. The maximum absolute atomic E-state index is 9.03. The van der Waals surface area contributed by atoms with Crippen molar-refractivity contribution >= 4 is 11.7 Å². The zero-order valence-corrected chi connectivity index (χ0v) is 11.6. The molecule has 1 aromatic rings. The monoisotopic (exact) mass is 262 g/mol. The lowest BCUT2D eigenvalue weighted by Crippen LogP contribution is -2.26. The number of aliphatic hydroxyl groups is 1. The molecule has 104 valence electrons. The minimum absolute atomic E-state index is 0.0746. The number of hydrogen-bond acceptors (Lipinski definition) is 4. The fourth-order valence-corrected chi connectivity index (χ4v) is 2.82. The lowest BCUT2D eigenvalue weighted by molar-refractivity contribution is 0.263. The van der Waals surface area contributed by atoms with E-state index in [9.17, 15) is 0 Å². The third-order valence-electron chi connectivity index (χ3n) is 3.72. The molecule has 1 aliphatic rings. The van der Waals surface area contributed by atoms with Crippen LogP contribution in [0.2, 0.25) is 0 Å². The molecule has 4 N–H and O–H groups in total. The molecule has 5 nitrogen and oxygen atoms in total. The van der Waals surface area contributed by atoms with Gasteiger partial charge >= 0.3 is 0 Å². The van der Waals surface area contributed by atoms with Crippen molar-refractivity contribution in [2.24, 2.45) is 11.7 Å². The van der Waals surface area contributed by atoms with E-state index >= 15 is 0 Å². The van der Waals surface area contributed by atoms with Crippen LogP contribution in [0.3, 0.4) is 0 Å². The summed E-state index contributed by atoms with van der Waals surface area (Å²) in [5.41, 5.74) is 8.40. The first-order valence-corrected chi connectivity index (χ1v) is 6.71. The van der Waals surface area contributed by atoms with E-state index in [-0.39, 0.29) is 12.4 Å². The largest absolute Gasteiger partial charge is 0.396 e. The molecule has 1 saturated heterocycles. The molecule has 0 bridgehead atoms. The van der Waals surface area contributed by atoms with Gasteiger partial charge in [0.25, 0.3) is 0 Å². The van der Waals surface area contributed by atoms with Crippen LogP contribution < -0.4 is 10.6 Å². The predicted molar refractivity (Wildman–Crippen MR) is 76.7 cm³/mol. The molecule has 1 fully saturated rings. The van der Waals surface area contributed by atoms with Gasteiger partial charge in [0.15, 0.2) is 0 Å².